The number of nitrogens with one attached hydrogen (secondary N) is 1. The topological polar surface area (TPSA) is 86.2 Å². The van der Waals surface area contributed by atoms with E-state index in [1.165, 1.54) is 20.3 Å². The highest BCUT2D eigenvalue weighted by molar-refractivity contribution is 6.30. The van der Waals surface area contributed by atoms with Crippen LogP contribution in [0.4, 0.5) is 0 Å². The highest BCUT2D eigenvalue weighted by Crippen LogP contribution is 2.31. The predicted octanol–water partition coefficient (Wildman–Crippen LogP) is 2.47. The Morgan fingerprint density at radius 3 is 2.82 bits per heavy atom. The summed E-state index contributed by atoms with van der Waals surface area (Å²) in [6.07, 6.45) is 6.40. The summed E-state index contributed by atoms with van der Waals surface area (Å²) in [5.41, 5.74) is 0.768. The van der Waals surface area contributed by atoms with Crippen LogP contribution < -0.4 is 14.8 Å². The zero-order valence-electron chi connectivity index (χ0n) is 15.4. The third-order valence-corrected chi connectivity index (χ3v) is 4.44. The molecule has 0 radical (unpaired) electrons. The fraction of sp³-hybridized carbons (Fsp3) is 0.250. The molecule has 7 nitrogen and oxygen atoms in total. The first-order valence-corrected chi connectivity index (χ1v) is 8.92. The minimum absolute atomic E-state index is 0.197. The smallest absolute Gasteiger partial charge is 0.270 e. The lowest BCUT2D eigenvalue weighted by Crippen LogP contribution is -2.37. The number of rotatable bonds is 7. The van der Waals surface area contributed by atoms with Gasteiger partial charge in [-0.25, -0.2) is 4.99 Å². The summed E-state index contributed by atoms with van der Waals surface area (Å²) >= 11 is 5.97. The number of amides is 2. The van der Waals surface area contributed by atoms with E-state index in [1.54, 1.807) is 36.4 Å². The van der Waals surface area contributed by atoms with Gasteiger partial charge < -0.3 is 19.5 Å². The van der Waals surface area contributed by atoms with Crippen LogP contribution in [0.5, 0.6) is 11.5 Å². The van der Waals surface area contributed by atoms with Gasteiger partial charge in [0.05, 0.1) is 32.4 Å². The Kier molecular flexibility index (Phi) is 6.16. The Morgan fingerprint density at radius 2 is 2.07 bits per heavy atom. The number of dihydropyridines is 1. The highest BCUT2D eigenvalue weighted by Gasteiger charge is 2.34. The van der Waals surface area contributed by atoms with Gasteiger partial charge in [0, 0.05) is 22.7 Å². The van der Waals surface area contributed by atoms with Crippen LogP contribution in [0.25, 0.3) is 0 Å². The number of allylic oxidation sites excluding steroid dienone is 4. The summed E-state index contributed by atoms with van der Waals surface area (Å²) in [4.78, 5) is 28.5. The molecule has 1 heterocycles. The van der Waals surface area contributed by atoms with Crippen molar-refractivity contribution in [1.82, 2.24) is 5.32 Å². The molecule has 1 aromatic rings. The summed E-state index contributed by atoms with van der Waals surface area (Å²) in [6.45, 7) is 0.420. The van der Waals surface area contributed by atoms with Crippen molar-refractivity contribution >= 4 is 29.1 Å². The van der Waals surface area contributed by atoms with E-state index in [0.717, 1.165) is 0 Å². The largest absolute Gasteiger partial charge is 0.500 e. The number of carbonyl (C=O) groups excluding carboxylic acids is 2. The number of methoxy groups -OCH3 is 2. The monoisotopic (exact) mass is 402 g/mol. The molecule has 8 heteroatoms. The van der Waals surface area contributed by atoms with Gasteiger partial charge >= 0.3 is 0 Å². The first kappa shape index (κ1) is 19.7. The number of aliphatic imine (C=N–C) groups is 1. The van der Waals surface area contributed by atoms with Crippen molar-refractivity contribution in [3.63, 3.8) is 0 Å². The number of hydrogen-bond acceptors (Lipinski definition) is 5. The number of fused-ring (bicyclic) bond motifs is 1. The zero-order valence-corrected chi connectivity index (χ0v) is 16.2. The van der Waals surface area contributed by atoms with Crippen LogP contribution in [0.3, 0.4) is 0 Å². The van der Waals surface area contributed by atoms with Crippen LogP contribution in [-0.4, -0.2) is 44.9 Å². The summed E-state index contributed by atoms with van der Waals surface area (Å²) < 4.78 is 16.2. The maximum atomic E-state index is 12.7. The van der Waals surface area contributed by atoms with Gasteiger partial charge in [0.2, 0.25) is 5.91 Å². The molecule has 1 aromatic carbocycles. The standard InChI is InChI=1S/C20H19ClN2O5/c1-26-15-7-6-12(21)10-17(15)28-9-8-22-20(25)13-11-18(24)23-14-4-3-5-16(27-2)19(13)14/h3-7,10-11,19H,8-9H2,1-2H3,(H,22,25). The Morgan fingerprint density at radius 1 is 1.25 bits per heavy atom. The van der Waals surface area contributed by atoms with Gasteiger partial charge in [-0.05, 0) is 24.3 Å². The minimum atomic E-state index is -0.498. The van der Waals surface area contributed by atoms with Crippen molar-refractivity contribution in [2.75, 3.05) is 27.4 Å². The second kappa shape index (κ2) is 8.75. The Labute approximate surface area is 167 Å². The van der Waals surface area contributed by atoms with Crippen LogP contribution >= 0.6 is 11.6 Å². The van der Waals surface area contributed by atoms with Crippen LogP contribution in [0.2, 0.25) is 5.02 Å². The van der Waals surface area contributed by atoms with Gasteiger partial charge in [0.15, 0.2) is 11.5 Å². The van der Waals surface area contributed by atoms with Crippen molar-refractivity contribution in [3.8, 4) is 11.5 Å². The summed E-state index contributed by atoms with van der Waals surface area (Å²) in [5, 5.41) is 3.27. The molecule has 0 aromatic heterocycles. The van der Waals surface area contributed by atoms with E-state index in [-0.39, 0.29) is 24.6 Å². The maximum Gasteiger partial charge on any atom is 0.270 e. The van der Waals surface area contributed by atoms with E-state index >= 15 is 0 Å². The van der Waals surface area contributed by atoms with Crippen molar-refractivity contribution in [2.24, 2.45) is 10.9 Å². The fourth-order valence-electron chi connectivity index (χ4n) is 2.94. The molecule has 0 fully saturated rings. The third-order valence-electron chi connectivity index (χ3n) is 4.21. The van der Waals surface area contributed by atoms with E-state index in [2.05, 4.69) is 10.3 Å². The van der Waals surface area contributed by atoms with Gasteiger partial charge in [0.1, 0.15) is 12.4 Å². The van der Waals surface area contributed by atoms with E-state index in [9.17, 15) is 9.59 Å². The lowest BCUT2D eigenvalue weighted by molar-refractivity contribution is -0.119. The number of halogens is 1. The zero-order chi connectivity index (χ0) is 20.1. The van der Waals surface area contributed by atoms with Crippen molar-refractivity contribution in [2.45, 2.75) is 0 Å². The maximum absolute atomic E-state index is 12.7. The molecule has 1 aliphatic heterocycles. The quantitative estimate of drug-likeness (QED) is 0.708. The van der Waals surface area contributed by atoms with Crippen LogP contribution in [-0.2, 0) is 14.3 Å². The Bertz CT molecular complexity index is 917. The minimum Gasteiger partial charge on any atom is -0.500 e. The lowest BCUT2D eigenvalue weighted by Gasteiger charge is -2.26. The molecule has 28 heavy (non-hydrogen) atoms. The number of hydrogen-bond donors (Lipinski definition) is 1. The normalized spacial score (nSPS) is 17.8. The molecule has 3 rings (SSSR count). The first-order valence-electron chi connectivity index (χ1n) is 8.54. The molecule has 0 saturated carbocycles. The Balaban J connectivity index is 1.62. The molecule has 146 valence electrons. The van der Waals surface area contributed by atoms with Gasteiger partial charge in [-0.3, -0.25) is 9.59 Å². The molecule has 1 unspecified atom stereocenters. The summed E-state index contributed by atoms with van der Waals surface area (Å²) in [5.74, 6) is 0.217. The first-order chi connectivity index (χ1) is 13.5. The van der Waals surface area contributed by atoms with Gasteiger partial charge in [-0.15, -0.1) is 0 Å². The summed E-state index contributed by atoms with van der Waals surface area (Å²) in [6, 6.07) is 5.03. The van der Waals surface area contributed by atoms with Crippen LogP contribution in [0, 0.1) is 5.92 Å². The Hall–Kier alpha value is -3.06. The van der Waals surface area contributed by atoms with Crippen LogP contribution in [0.1, 0.15) is 0 Å². The summed E-state index contributed by atoms with van der Waals surface area (Å²) in [7, 11) is 3.05. The van der Waals surface area contributed by atoms with Gasteiger partial charge in [-0.1, -0.05) is 17.7 Å². The molecular formula is C20H19ClN2O5. The fourth-order valence-corrected chi connectivity index (χ4v) is 3.11. The average molecular weight is 403 g/mol. The molecule has 1 N–H and O–H groups in total. The molecule has 1 aliphatic carbocycles. The average Bonchev–Trinajstić information content (AvgIpc) is 2.69. The van der Waals surface area contributed by atoms with E-state index < -0.39 is 11.8 Å². The predicted molar refractivity (Wildman–Crippen MR) is 105 cm³/mol. The third kappa shape index (κ3) is 4.26. The van der Waals surface area contributed by atoms with E-state index in [0.29, 0.717) is 28.0 Å². The molecule has 1 atom stereocenters. The van der Waals surface area contributed by atoms with Crippen molar-refractivity contribution in [1.29, 1.82) is 0 Å². The van der Waals surface area contributed by atoms with E-state index in [1.807, 2.05) is 0 Å². The van der Waals surface area contributed by atoms with Crippen molar-refractivity contribution < 1.29 is 23.8 Å². The van der Waals surface area contributed by atoms with Crippen molar-refractivity contribution in [3.05, 3.63) is 58.9 Å². The molecule has 0 spiro atoms. The molecule has 0 bridgehead atoms. The molecule has 2 amide bonds. The number of ether oxygens (including phenoxy) is 3. The number of benzene rings is 1. The number of nitrogens with zero attached hydrogens (tertiary/aromatic N) is 1. The van der Waals surface area contributed by atoms with E-state index in [4.69, 9.17) is 25.8 Å². The SMILES string of the molecule is COC1=CC=CC2=NC(=O)C=C(C(=O)NCCOc3cc(Cl)ccc3OC)C12. The van der Waals surface area contributed by atoms with Gasteiger partial charge in [-0.2, -0.15) is 0 Å². The molecule has 2 aliphatic rings. The second-order valence-corrected chi connectivity index (χ2v) is 6.38. The second-order valence-electron chi connectivity index (χ2n) is 5.94. The number of carbonyl (C=O) groups is 2. The molecule has 0 saturated heterocycles. The lowest BCUT2D eigenvalue weighted by atomic mass is 9.86. The molecular weight excluding hydrogens is 384 g/mol. The van der Waals surface area contributed by atoms with Crippen LogP contribution in [0.15, 0.2) is 58.8 Å². The highest BCUT2D eigenvalue weighted by atomic mass is 35.5. The van der Waals surface area contributed by atoms with Gasteiger partial charge in [0.25, 0.3) is 5.91 Å².